The summed E-state index contributed by atoms with van der Waals surface area (Å²) in [5.41, 5.74) is 3.14. The normalized spacial score (nSPS) is 23.9. The van der Waals surface area contributed by atoms with Gasteiger partial charge in [0.2, 0.25) is 0 Å². The molecule has 1 fully saturated rings. The molecule has 2 nitrogen and oxygen atoms in total. The van der Waals surface area contributed by atoms with E-state index < -0.39 is 0 Å². The van der Waals surface area contributed by atoms with Crippen molar-refractivity contribution in [2.75, 3.05) is 33.2 Å². The van der Waals surface area contributed by atoms with Crippen LogP contribution in [0.1, 0.15) is 36.3 Å². The van der Waals surface area contributed by atoms with Crippen LogP contribution in [0.4, 0.5) is 0 Å². The number of nitrogens with zero attached hydrogens (tertiary/aromatic N) is 1. The van der Waals surface area contributed by atoms with Gasteiger partial charge in [-0.15, -0.1) is 0 Å². The summed E-state index contributed by atoms with van der Waals surface area (Å²) in [4.78, 5) is 2.45. The van der Waals surface area contributed by atoms with E-state index in [0.717, 1.165) is 11.8 Å². The Bertz CT molecular complexity index is 407. The molecule has 0 radical (unpaired) electrons. The summed E-state index contributed by atoms with van der Waals surface area (Å²) in [6.45, 7) is 4.96. The Kier molecular flexibility index (Phi) is 4.19. The van der Waals surface area contributed by atoms with Gasteiger partial charge in [0, 0.05) is 12.5 Å². The van der Waals surface area contributed by atoms with Gasteiger partial charge in [-0.3, -0.25) is 0 Å². The van der Waals surface area contributed by atoms with E-state index >= 15 is 0 Å². The molecule has 0 saturated carbocycles. The summed E-state index contributed by atoms with van der Waals surface area (Å²) in [5, 5.41) is 3.67. The van der Waals surface area contributed by atoms with Crippen LogP contribution in [0.15, 0.2) is 24.3 Å². The molecule has 1 aromatic rings. The van der Waals surface area contributed by atoms with Crippen LogP contribution in [-0.2, 0) is 6.42 Å². The molecule has 1 saturated heterocycles. The van der Waals surface area contributed by atoms with Crippen LogP contribution < -0.4 is 5.32 Å². The highest BCUT2D eigenvalue weighted by Gasteiger charge is 2.24. The Balaban J connectivity index is 1.32. The van der Waals surface area contributed by atoms with Crippen molar-refractivity contribution in [2.24, 2.45) is 5.92 Å². The van der Waals surface area contributed by atoms with E-state index in [1.165, 1.54) is 51.9 Å². The maximum absolute atomic E-state index is 3.67. The summed E-state index contributed by atoms with van der Waals surface area (Å²) < 4.78 is 0. The second kappa shape index (κ2) is 6.06. The van der Waals surface area contributed by atoms with E-state index in [1.54, 1.807) is 11.1 Å². The molecular formula is C17H26N2. The molecule has 104 valence electrons. The first-order valence-electron chi connectivity index (χ1n) is 7.80. The third kappa shape index (κ3) is 3.18. The molecule has 3 rings (SSSR count). The molecule has 19 heavy (non-hydrogen) atoms. The smallest absolute Gasteiger partial charge is 0.00234 e. The van der Waals surface area contributed by atoms with Crippen LogP contribution >= 0.6 is 0 Å². The topological polar surface area (TPSA) is 15.3 Å². The molecule has 1 heterocycles. The zero-order chi connectivity index (χ0) is 13.1. The van der Waals surface area contributed by atoms with Crippen LogP contribution in [0.3, 0.4) is 0 Å². The number of benzene rings is 1. The predicted octanol–water partition coefficient (Wildman–Crippen LogP) is 2.65. The largest absolute Gasteiger partial charge is 0.316 e. The average molecular weight is 258 g/mol. The first kappa shape index (κ1) is 13.1. The Morgan fingerprint density at radius 2 is 2.00 bits per heavy atom. The maximum Gasteiger partial charge on any atom is 0.00234 e. The second-order valence-electron chi connectivity index (χ2n) is 6.34. The van der Waals surface area contributed by atoms with Crippen molar-refractivity contribution >= 4 is 0 Å². The van der Waals surface area contributed by atoms with Gasteiger partial charge in [0.05, 0.1) is 0 Å². The van der Waals surface area contributed by atoms with E-state index in [4.69, 9.17) is 0 Å². The summed E-state index contributed by atoms with van der Waals surface area (Å²) in [6.07, 6.45) is 5.43. The Morgan fingerprint density at radius 3 is 2.79 bits per heavy atom. The van der Waals surface area contributed by atoms with Crippen LogP contribution in [0.25, 0.3) is 0 Å². The fourth-order valence-corrected chi connectivity index (χ4v) is 3.48. The number of nitrogens with one attached hydrogen (secondary N) is 1. The molecule has 0 spiro atoms. The first-order chi connectivity index (χ1) is 9.33. The number of likely N-dealkylation sites (tertiary alicyclic amines) is 1. The zero-order valence-corrected chi connectivity index (χ0v) is 12.1. The fourth-order valence-electron chi connectivity index (χ4n) is 3.48. The van der Waals surface area contributed by atoms with Gasteiger partial charge < -0.3 is 10.2 Å². The van der Waals surface area contributed by atoms with Gasteiger partial charge >= 0.3 is 0 Å². The van der Waals surface area contributed by atoms with E-state index in [1.807, 2.05) is 0 Å². The van der Waals surface area contributed by atoms with Gasteiger partial charge in [-0.05, 0) is 69.4 Å². The number of hydrogen-bond acceptors (Lipinski definition) is 2. The van der Waals surface area contributed by atoms with Crippen molar-refractivity contribution in [3.63, 3.8) is 0 Å². The summed E-state index contributed by atoms with van der Waals surface area (Å²) in [6, 6.07) is 8.89. The monoisotopic (exact) mass is 258 g/mol. The molecule has 0 bridgehead atoms. The van der Waals surface area contributed by atoms with E-state index in [9.17, 15) is 0 Å². The lowest BCUT2D eigenvalue weighted by molar-refractivity contribution is 0.211. The molecule has 1 N–H and O–H groups in total. The Morgan fingerprint density at radius 1 is 1.21 bits per heavy atom. The van der Waals surface area contributed by atoms with Crippen molar-refractivity contribution in [3.05, 3.63) is 35.4 Å². The van der Waals surface area contributed by atoms with Crippen molar-refractivity contribution < 1.29 is 0 Å². The highest BCUT2D eigenvalue weighted by atomic mass is 15.1. The summed E-state index contributed by atoms with van der Waals surface area (Å²) in [7, 11) is 2.24. The third-order valence-corrected chi connectivity index (χ3v) is 4.92. The van der Waals surface area contributed by atoms with Gasteiger partial charge in [0.15, 0.2) is 0 Å². The molecule has 2 heteroatoms. The van der Waals surface area contributed by atoms with Gasteiger partial charge in [0.25, 0.3) is 0 Å². The lowest BCUT2D eigenvalue weighted by Crippen LogP contribution is -2.33. The van der Waals surface area contributed by atoms with E-state index in [-0.39, 0.29) is 0 Å². The average Bonchev–Trinajstić information content (AvgIpc) is 2.41. The predicted molar refractivity (Wildman–Crippen MR) is 80.6 cm³/mol. The minimum atomic E-state index is 0.772. The van der Waals surface area contributed by atoms with Gasteiger partial charge in [-0.1, -0.05) is 24.3 Å². The molecule has 0 aromatic heterocycles. The number of rotatable bonds is 5. The van der Waals surface area contributed by atoms with Crippen LogP contribution in [0, 0.1) is 5.92 Å². The zero-order valence-electron chi connectivity index (χ0n) is 12.1. The van der Waals surface area contributed by atoms with Crippen LogP contribution in [-0.4, -0.2) is 38.1 Å². The molecule has 1 unspecified atom stereocenters. The quantitative estimate of drug-likeness (QED) is 0.817. The van der Waals surface area contributed by atoms with Crippen molar-refractivity contribution in [1.29, 1.82) is 0 Å². The molecule has 1 aliphatic heterocycles. The van der Waals surface area contributed by atoms with Crippen LogP contribution in [0.5, 0.6) is 0 Å². The lowest BCUT2D eigenvalue weighted by atomic mass is 9.77. The Hall–Kier alpha value is -0.860. The highest BCUT2D eigenvalue weighted by molar-refractivity contribution is 5.40. The van der Waals surface area contributed by atoms with Crippen molar-refractivity contribution in [2.45, 2.75) is 31.6 Å². The van der Waals surface area contributed by atoms with Crippen molar-refractivity contribution in [1.82, 2.24) is 10.2 Å². The number of hydrogen-bond donors (Lipinski definition) is 1. The Labute approximate surface area is 117 Å². The van der Waals surface area contributed by atoms with Gasteiger partial charge in [-0.25, -0.2) is 0 Å². The lowest BCUT2D eigenvalue weighted by Gasteiger charge is -2.31. The second-order valence-corrected chi connectivity index (χ2v) is 6.34. The maximum atomic E-state index is 3.67. The molecule has 2 aliphatic rings. The number of piperidine rings is 1. The first-order valence-corrected chi connectivity index (χ1v) is 7.80. The number of fused-ring (bicyclic) bond motifs is 1. The molecule has 1 aromatic carbocycles. The SMILES string of the molecule is CN1CCC(CCNCC2Cc3ccccc32)CC1. The molecule has 1 atom stereocenters. The summed E-state index contributed by atoms with van der Waals surface area (Å²) in [5.74, 6) is 1.73. The highest BCUT2D eigenvalue weighted by Crippen LogP contribution is 2.34. The van der Waals surface area contributed by atoms with Crippen molar-refractivity contribution in [3.8, 4) is 0 Å². The van der Waals surface area contributed by atoms with Gasteiger partial charge in [-0.2, -0.15) is 0 Å². The standard InChI is InChI=1S/C17H26N2/c1-19-10-7-14(8-11-19)6-9-18-13-16-12-15-4-2-3-5-17(15)16/h2-5,14,16,18H,6-13H2,1H3. The van der Waals surface area contributed by atoms with E-state index in [0.29, 0.717) is 0 Å². The minimum absolute atomic E-state index is 0.772. The third-order valence-electron chi connectivity index (χ3n) is 4.92. The molecular weight excluding hydrogens is 232 g/mol. The van der Waals surface area contributed by atoms with Gasteiger partial charge in [0.1, 0.15) is 0 Å². The minimum Gasteiger partial charge on any atom is -0.316 e. The van der Waals surface area contributed by atoms with E-state index in [2.05, 4.69) is 41.5 Å². The molecule has 1 aliphatic carbocycles. The molecule has 0 amide bonds. The van der Waals surface area contributed by atoms with Crippen LogP contribution in [0.2, 0.25) is 0 Å². The fraction of sp³-hybridized carbons (Fsp3) is 0.647. The summed E-state index contributed by atoms with van der Waals surface area (Å²) >= 11 is 0.